The summed E-state index contributed by atoms with van der Waals surface area (Å²) >= 11 is 0. The van der Waals surface area contributed by atoms with Gasteiger partial charge in [0.05, 0.1) is 11.1 Å². The summed E-state index contributed by atoms with van der Waals surface area (Å²) in [6, 6.07) is 5.75. The molecule has 8 heteroatoms. The van der Waals surface area contributed by atoms with Crippen molar-refractivity contribution in [2.75, 3.05) is 0 Å². The van der Waals surface area contributed by atoms with Gasteiger partial charge in [-0.25, -0.2) is 0 Å². The molecule has 3 rings (SSSR count). The lowest BCUT2D eigenvalue weighted by atomic mass is 9.67. The van der Waals surface area contributed by atoms with Crippen molar-refractivity contribution in [3.8, 4) is 23.0 Å². The maximum Gasteiger partial charge on any atom is 0.311 e. The van der Waals surface area contributed by atoms with Crippen molar-refractivity contribution in [3.05, 3.63) is 46.5 Å². The van der Waals surface area contributed by atoms with E-state index in [4.69, 9.17) is 9.47 Å². The van der Waals surface area contributed by atoms with Gasteiger partial charge in [0.15, 0.2) is 12.6 Å². The Hall–Kier alpha value is -3.68. The second-order valence-electron chi connectivity index (χ2n) is 10.5. The van der Waals surface area contributed by atoms with E-state index in [1.807, 2.05) is 27.7 Å². The van der Waals surface area contributed by atoms with Crippen LogP contribution in [0.2, 0.25) is 0 Å². The highest BCUT2D eigenvalue weighted by molar-refractivity contribution is 5.83. The molecule has 0 fully saturated rings. The fourth-order valence-electron chi connectivity index (χ4n) is 4.96. The van der Waals surface area contributed by atoms with Crippen LogP contribution in [0.25, 0.3) is 0 Å². The molecule has 0 radical (unpaired) electrons. The third-order valence-electron chi connectivity index (χ3n) is 6.55. The summed E-state index contributed by atoms with van der Waals surface area (Å²) in [6.45, 7) is 7.40. The molecule has 1 heterocycles. The predicted octanol–water partition coefficient (Wildman–Crippen LogP) is 5.14. The summed E-state index contributed by atoms with van der Waals surface area (Å²) in [4.78, 5) is 48.1. The number of phenolic OH excluding ortho intramolecular Hbond substituents is 2. The molecule has 0 amide bonds. The second-order valence-corrected chi connectivity index (χ2v) is 10.5. The van der Waals surface area contributed by atoms with Crippen LogP contribution in [0, 0.1) is 0 Å². The maximum absolute atomic E-state index is 12.4. The van der Waals surface area contributed by atoms with Gasteiger partial charge in [0, 0.05) is 24.0 Å². The molecule has 0 aromatic heterocycles. The molecular formula is C28H32O8. The van der Waals surface area contributed by atoms with E-state index < -0.39 is 22.8 Å². The predicted molar refractivity (Wildman–Crippen MR) is 132 cm³/mol. The highest BCUT2D eigenvalue weighted by Gasteiger charge is 2.36. The molecule has 192 valence electrons. The van der Waals surface area contributed by atoms with Gasteiger partial charge < -0.3 is 19.7 Å². The molecule has 8 nitrogen and oxygen atoms in total. The van der Waals surface area contributed by atoms with Gasteiger partial charge in [0.2, 0.25) is 0 Å². The van der Waals surface area contributed by atoms with Gasteiger partial charge >= 0.3 is 11.9 Å². The Morgan fingerprint density at radius 2 is 1.08 bits per heavy atom. The molecule has 0 atom stereocenters. The van der Waals surface area contributed by atoms with Gasteiger partial charge in [0.1, 0.15) is 23.0 Å². The molecule has 0 aliphatic carbocycles. The molecule has 36 heavy (non-hydrogen) atoms. The van der Waals surface area contributed by atoms with E-state index in [1.54, 1.807) is 12.1 Å². The van der Waals surface area contributed by atoms with E-state index in [9.17, 15) is 29.4 Å². The molecule has 4 bridgehead atoms. The van der Waals surface area contributed by atoms with E-state index >= 15 is 0 Å². The number of carbonyl (C=O) groups excluding carboxylic acids is 4. The summed E-state index contributed by atoms with van der Waals surface area (Å²) in [7, 11) is 0. The van der Waals surface area contributed by atoms with E-state index in [1.165, 1.54) is 12.1 Å². The number of hydrogen-bond donors (Lipinski definition) is 2. The minimum Gasteiger partial charge on any atom is -0.507 e. The molecule has 0 spiro atoms. The summed E-state index contributed by atoms with van der Waals surface area (Å²) < 4.78 is 10.9. The Morgan fingerprint density at radius 1 is 0.694 bits per heavy atom. The van der Waals surface area contributed by atoms with Crippen LogP contribution in [0.5, 0.6) is 23.0 Å². The number of hydrogen-bond acceptors (Lipinski definition) is 8. The summed E-state index contributed by atoms with van der Waals surface area (Å²) in [5, 5.41) is 21.7. The van der Waals surface area contributed by atoms with Crippen molar-refractivity contribution in [2.45, 2.75) is 77.0 Å². The highest BCUT2D eigenvalue weighted by atomic mass is 16.5. The number of benzene rings is 2. The monoisotopic (exact) mass is 496 g/mol. The highest BCUT2D eigenvalue weighted by Crippen LogP contribution is 2.47. The summed E-state index contributed by atoms with van der Waals surface area (Å²) in [6.07, 6.45) is 3.17. The zero-order valence-corrected chi connectivity index (χ0v) is 21.1. The molecule has 1 aliphatic rings. The summed E-state index contributed by atoms with van der Waals surface area (Å²) in [5.74, 6) is -1.10. The van der Waals surface area contributed by atoms with Crippen LogP contribution >= 0.6 is 0 Å². The van der Waals surface area contributed by atoms with E-state index in [0.29, 0.717) is 49.4 Å². The SMILES string of the molecule is CC1(C)CC(C)(C)c2cc(cc(C=O)c2O)OC(=O)CCCCCC(=O)Oc2cc(C=O)c(O)c1c2. The van der Waals surface area contributed by atoms with Crippen molar-refractivity contribution in [1.29, 1.82) is 0 Å². The van der Waals surface area contributed by atoms with Gasteiger partial charge in [-0.1, -0.05) is 34.1 Å². The van der Waals surface area contributed by atoms with Crippen LogP contribution in [-0.2, 0) is 20.4 Å². The van der Waals surface area contributed by atoms with Crippen molar-refractivity contribution in [3.63, 3.8) is 0 Å². The van der Waals surface area contributed by atoms with Crippen LogP contribution in [-0.4, -0.2) is 34.7 Å². The number of ether oxygens (including phenoxy) is 2. The minimum absolute atomic E-state index is 0.00409. The topological polar surface area (TPSA) is 127 Å². The first-order valence-electron chi connectivity index (χ1n) is 11.9. The number of phenols is 2. The molecule has 2 N–H and O–H groups in total. The van der Waals surface area contributed by atoms with Crippen LogP contribution in [0.15, 0.2) is 24.3 Å². The van der Waals surface area contributed by atoms with E-state index in [-0.39, 0.29) is 47.0 Å². The van der Waals surface area contributed by atoms with Crippen LogP contribution < -0.4 is 9.47 Å². The number of aromatic hydroxyl groups is 2. The second kappa shape index (κ2) is 10.5. The lowest BCUT2D eigenvalue weighted by Gasteiger charge is -2.37. The van der Waals surface area contributed by atoms with E-state index in [2.05, 4.69) is 0 Å². The van der Waals surface area contributed by atoms with Crippen molar-refractivity contribution in [2.24, 2.45) is 0 Å². The molecule has 0 saturated carbocycles. The van der Waals surface area contributed by atoms with Crippen molar-refractivity contribution >= 4 is 24.5 Å². The first kappa shape index (κ1) is 26.9. The number of carbonyl (C=O) groups is 4. The standard InChI is InChI=1S/C28H32O8/c1-27(2)16-28(3,4)22-13-20(11-18(15-30)26(22)34)36-24(32)9-7-5-6-8-23(31)35-19-10-17(14-29)25(33)21(27)12-19/h10-15,33-34H,5-9,16H2,1-4H3. The Kier molecular flexibility index (Phi) is 7.86. The van der Waals surface area contributed by atoms with Crippen molar-refractivity contribution < 1.29 is 38.9 Å². The Bertz CT molecular complexity index is 1100. The smallest absolute Gasteiger partial charge is 0.311 e. The largest absolute Gasteiger partial charge is 0.507 e. The Labute approximate surface area is 210 Å². The van der Waals surface area contributed by atoms with Gasteiger partial charge in [0.25, 0.3) is 0 Å². The zero-order chi connectivity index (χ0) is 26.7. The average molecular weight is 497 g/mol. The number of rotatable bonds is 2. The molecule has 0 unspecified atom stereocenters. The number of fused-ring (bicyclic) bond motifs is 4. The third kappa shape index (κ3) is 5.93. The molecular weight excluding hydrogens is 464 g/mol. The third-order valence-corrected chi connectivity index (χ3v) is 6.55. The average Bonchev–Trinajstić information content (AvgIpc) is 2.79. The first-order valence-corrected chi connectivity index (χ1v) is 11.9. The maximum atomic E-state index is 12.4. The normalized spacial score (nSPS) is 18.2. The van der Waals surface area contributed by atoms with Gasteiger partial charge in [-0.2, -0.15) is 0 Å². The summed E-state index contributed by atoms with van der Waals surface area (Å²) in [5.41, 5.74) is -0.811. The van der Waals surface area contributed by atoms with Crippen molar-refractivity contribution in [1.82, 2.24) is 0 Å². The molecule has 2 aromatic rings. The fourth-order valence-corrected chi connectivity index (χ4v) is 4.96. The van der Waals surface area contributed by atoms with E-state index in [0.717, 1.165) is 0 Å². The fraction of sp³-hybridized carbons (Fsp3) is 0.429. The van der Waals surface area contributed by atoms with Crippen LogP contribution in [0.1, 0.15) is 98.1 Å². The first-order chi connectivity index (χ1) is 16.9. The lowest BCUT2D eigenvalue weighted by molar-refractivity contribution is -0.134. The number of aldehydes is 2. The quantitative estimate of drug-likeness (QED) is 0.332. The van der Waals surface area contributed by atoms with Crippen LogP contribution in [0.4, 0.5) is 0 Å². The number of esters is 2. The zero-order valence-electron chi connectivity index (χ0n) is 21.1. The van der Waals surface area contributed by atoms with Gasteiger partial charge in [-0.15, -0.1) is 0 Å². The molecule has 2 aromatic carbocycles. The Morgan fingerprint density at radius 3 is 1.44 bits per heavy atom. The van der Waals surface area contributed by atoms with Crippen LogP contribution in [0.3, 0.4) is 0 Å². The minimum atomic E-state index is -0.792. The molecule has 1 aliphatic heterocycles. The van der Waals surface area contributed by atoms with Gasteiger partial charge in [-0.05, 0) is 54.4 Å². The molecule has 0 saturated heterocycles. The lowest BCUT2D eigenvalue weighted by Crippen LogP contribution is -2.30. The Balaban J connectivity index is 2.16. The van der Waals surface area contributed by atoms with Gasteiger partial charge in [-0.3, -0.25) is 19.2 Å².